The Morgan fingerprint density at radius 3 is 2.46 bits per heavy atom. The van der Waals surface area contributed by atoms with Gasteiger partial charge in [-0.3, -0.25) is 4.90 Å². The average Bonchev–Trinajstić information content (AvgIpc) is 2.69. The van der Waals surface area contributed by atoms with Crippen molar-refractivity contribution in [3.63, 3.8) is 0 Å². The lowest BCUT2D eigenvalue weighted by molar-refractivity contribution is 0.0571. The summed E-state index contributed by atoms with van der Waals surface area (Å²) in [6.45, 7) is 8.11. The maximum absolute atomic E-state index is 6.12. The van der Waals surface area contributed by atoms with Gasteiger partial charge in [-0.15, -0.1) is 0 Å². The van der Waals surface area contributed by atoms with E-state index in [2.05, 4.69) is 41.0 Å². The van der Waals surface area contributed by atoms with Crippen molar-refractivity contribution < 1.29 is 9.47 Å². The van der Waals surface area contributed by atoms with Crippen LogP contribution in [0.3, 0.4) is 0 Å². The Morgan fingerprint density at radius 2 is 1.65 bits per heavy atom. The van der Waals surface area contributed by atoms with E-state index in [0.717, 1.165) is 50.6 Å². The molecule has 4 rings (SSSR count). The molecule has 0 saturated carbocycles. The first-order valence-electron chi connectivity index (χ1n) is 9.77. The van der Waals surface area contributed by atoms with E-state index < -0.39 is 0 Å². The predicted molar refractivity (Wildman–Crippen MR) is 105 cm³/mol. The van der Waals surface area contributed by atoms with Crippen LogP contribution >= 0.6 is 0 Å². The molecule has 0 amide bonds. The van der Waals surface area contributed by atoms with Crippen molar-refractivity contribution in [1.82, 2.24) is 4.90 Å². The van der Waals surface area contributed by atoms with Crippen LogP contribution in [0.15, 0.2) is 48.5 Å². The first kappa shape index (κ1) is 17.2. The Hall–Kier alpha value is -2.20. The minimum absolute atomic E-state index is 0.115. The lowest BCUT2D eigenvalue weighted by Crippen LogP contribution is -2.50. The van der Waals surface area contributed by atoms with E-state index in [0.29, 0.717) is 6.61 Å². The number of anilines is 1. The van der Waals surface area contributed by atoms with Gasteiger partial charge >= 0.3 is 0 Å². The summed E-state index contributed by atoms with van der Waals surface area (Å²) < 4.78 is 12.0. The molecular formula is C22H28N2O2. The van der Waals surface area contributed by atoms with Gasteiger partial charge in [0.2, 0.25) is 0 Å². The van der Waals surface area contributed by atoms with Crippen LogP contribution in [0.2, 0.25) is 0 Å². The highest BCUT2D eigenvalue weighted by molar-refractivity contribution is 5.54. The Balaban J connectivity index is 1.32. The summed E-state index contributed by atoms with van der Waals surface area (Å²) in [5.41, 5.74) is 2.89. The molecule has 0 spiro atoms. The third-order valence-corrected chi connectivity index (χ3v) is 5.25. The third-order valence-electron chi connectivity index (χ3n) is 5.25. The number of fused-ring (bicyclic) bond motifs is 1. The van der Waals surface area contributed by atoms with Crippen LogP contribution in [0.4, 0.5) is 5.69 Å². The van der Waals surface area contributed by atoms with Gasteiger partial charge in [0.25, 0.3) is 0 Å². The highest BCUT2D eigenvalue weighted by Gasteiger charge is 2.25. The second-order valence-corrected chi connectivity index (χ2v) is 7.16. The first-order valence-corrected chi connectivity index (χ1v) is 9.77. The van der Waals surface area contributed by atoms with E-state index >= 15 is 0 Å². The van der Waals surface area contributed by atoms with Crippen LogP contribution in [0.1, 0.15) is 18.9 Å². The summed E-state index contributed by atoms with van der Waals surface area (Å²) in [4.78, 5) is 5.04. The molecule has 2 aromatic carbocycles. The molecule has 2 aliphatic heterocycles. The van der Waals surface area contributed by atoms with Gasteiger partial charge in [0, 0.05) is 38.4 Å². The van der Waals surface area contributed by atoms with E-state index in [4.69, 9.17) is 9.47 Å². The van der Waals surface area contributed by atoms with Crippen molar-refractivity contribution in [2.45, 2.75) is 25.9 Å². The first-order chi connectivity index (χ1) is 12.8. The molecule has 2 aliphatic rings. The number of nitrogens with zero attached hydrogens (tertiary/aromatic N) is 2. The molecule has 0 aliphatic carbocycles. The van der Waals surface area contributed by atoms with Crippen molar-refractivity contribution >= 4 is 5.69 Å². The maximum atomic E-state index is 6.12. The Bertz CT molecular complexity index is 726. The van der Waals surface area contributed by atoms with Gasteiger partial charge in [-0.25, -0.2) is 0 Å². The van der Waals surface area contributed by atoms with Gasteiger partial charge < -0.3 is 14.4 Å². The van der Waals surface area contributed by atoms with Gasteiger partial charge in [-0.1, -0.05) is 43.7 Å². The molecule has 26 heavy (non-hydrogen) atoms. The van der Waals surface area contributed by atoms with Gasteiger partial charge in [0.05, 0.1) is 0 Å². The summed E-state index contributed by atoms with van der Waals surface area (Å²) in [6, 6.07) is 16.8. The topological polar surface area (TPSA) is 24.9 Å². The van der Waals surface area contributed by atoms with Crippen LogP contribution in [0.25, 0.3) is 0 Å². The highest BCUT2D eigenvalue weighted by Crippen LogP contribution is 2.31. The van der Waals surface area contributed by atoms with E-state index in [-0.39, 0.29) is 6.10 Å². The molecule has 4 heteroatoms. The molecule has 1 unspecified atom stereocenters. The number of piperazine rings is 1. The fourth-order valence-corrected chi connectivity index (χ4v) is 3.91. The van der Waals surface area contributed by atoms with Gasteiger partial charge in [0.15, 0.2) is 11.5 Å². The van der Waals surface area contributed by atoms with E-state index in [1.54, 1.807) is 0 Å². The van der Waals surface area contributed by atoms with E-state index in [9.17, 15) is 0 Å². The van der Waals surface area contributed by atoms with E-state index in [1.807, 2.05) is 24.3 Å². The van der Waals surface area contributed by atoms with Crippen LogP contribution in [0, 0.1) is 0 Å². The lowest BCUT2D eigenvalue weighted by Gasteiger charge is -2.39. The van der Waals surface area contributed by atoms with E-state index in [1.165, 1.54) is 17.7 Å². The Morgan fingerprint density at radius 1 is 0.923 bits per heavy atom. The fourth-order valence-electron chi connectivity index (χ4n) is 3.91. The van der Waals surface area contributed by atoms with Crippen molar-refractivity contribution in [3.05, 3.63) is 54.1 Å². The lowest BCUT2D eigenvalue weighted by atomic mass is 10.1. The molecule has 2 heterocycles. The normalized spacial score (nSPS) is 20.2. The van der Waals surface area contributed by atoms with Crippen molar-refractivity contribution in [3.8, 4) is 11.5 Å². The molecule has 1 saturated heterocycles. The summed E-state index contributed by atoms with van der Waals surface area (Å²) in [7, 11) is 0. The van der Waals surface area contributed by atoms with Crippen LogP contribution in [-0.2, 0) is 6.42 Å². The average molecular weight is 352 g/mol. The third kappa shape index (κ3) is 3.80. The number of aryl methyl sites for hydroxylation is 1. The minimum atomic E-state index is 0.115. The van der Waals surface area contributed by atoms with Crippen molar-refractivity contribution in [2.75, 3.05) is 44.2 Å². The fraction of sp³-hybridized carbons (Fsp3) is 0.455. The minimum Gasteiger partial charge on any atom is -0.486 e. The number of para-hydroxylation sites is 3. The summed E-state index contributed by atoms with van der Waals surface area (Å²) in [6.07, 6.45) is 2.46. The highest BCUT2D eigenvalue weighted by atomic mass is 16.6. The zero-order valence-corrected chi connectivity index (χ0v) is 15.6. The van der Waals surface area contributed by atoms with Crippen LogP contribution < -0.4 is 14.4 Å². The zero-order valence-electron chi connectivity index (χ0n) is 15.6. The quantitative estimate of drug-likeness (QED) is 0.821. The molecule has 2 aromatic rings. The summed E-state index contributed by atoms with van der Waals surface area (Å²) in [5.74, 6) is 1.73. The second-order valence-electron chi connectivity index (χ2n) is 7.16. The Kier molecular flexibility index (Phi) is 5.30. The van der Waals surface area contributed by atoms with Gasteiger partial charge in [-0.05, 0) is 30.2 Å². The number of benzene rings is 2. The molecule has 138 valence electrons. The molecule has 1 fully saturated rings. The number of hydrogen-bond acceptors (Lipinski definition) is 4. The SMILES string of the molecule is CCCc1ccccc1N1CCN(CC2COc3ccccc3O2)CC1. The van der Waals surface area contributed by atoms with Gasteiger partial charge in [0.1, 0.15) is 12.7 Å². The molecule has 0 aromatic heterocycles. The maximum Gasteiger partial charge on any atom is 0.161 e. The second kappa shape index (κ2) is 8.00. The molecule has 0 bridgehead atoms. The van der Waals surface area contributed by atoms with Gasteiger partial charge in [-0.2, -0.15) is 0 Å². The van der Waals surface area contributed by atoms with Crippen LogP contribution in [-0.4, -0.2) is 50.3 Å². The Labute approximate surface area is 156 Å². The largest absolute Gasteiger partial charge is 0.486 e. The summed E-state index contributed by atoms with van der Waals surface area (Å²) in [5, 5.41) is 0. The number of ether oxygens (including phenoxy) is 2. The number of hydrogen-bond donors (Lipinski definition) is 0. The smallest absolute Gasteiger partial charge is 0.161 e. The molecule has 0 radical (unpaired) electrons. The van der Waals surface area contributed by atoms with Crippen LogP contribution in [0.5, 0.6) is 11.5 Å². The standard InChI is InChI=1S/C22H28N2O2/c1-2-7-18-8-3-4-9-20(18)24-14-12-23(13-15-24)16-19-17-25-21-10-5-6-11-22(21)26-19/h3-6,8-11,19H,2,7,12-17H2,1H3. The number of rotatable bonds is 5. The van der Waals surface area contributed by atoms with Crippen molar-refractivity contribution in [2.24, 2.45) is 0 Å². The predicted octanol–water partition coefficient (Wildman–Crippen LogP) is 3.60. The molecule has 4 nitrogen and oxygen atoms in total. The molecule has 0 N–H and O–H groups in total. The monoisotopic (exact) mass is 352 g/mol. The zero-order chi connectivity index (χ0) is 17.8. The molecular weight excluding hydrogens is 324 g/mol. The van der Waals surface area contributed by atoms with Crippen molar-refractivity contribution in [1.29, 1.82) is 0 Å². The summed E-state index contributed by atoms with van der Waals surface area (Å²) >= 11 is 0. The molecule has 1 atom stereocenters.